The predicted octanol–water partition coefficient (Wildman–Crippen LogP) is 2.63. The van der Waals surface area contributed by atoms with Gasteiger partial charge in [0.25, 0.3) is 5.69 Å². The fraction of sp³-hybridized carbons (Fsp3) is 0.167. The highest BCUT2D eigenvalue weighted by Gasteiger charge is 2.17. The second kappa shape index (κ2) is 8.09. The van der Waals surface area contributed by atoms with Crippen LogP contribution in [-0.2, 0) is 17.8 Å². The Morgan fingerprint density at radius 1 is 1.22 bits per heavy atom. The Morgan fingerprint density at radius 3 is 2.59 bits per heavy atom. The summed E-state index contributed by atoms with van der Waals surface area (Å²) in [5.41, 5.74) is 2.49. The summed E-state index contributed by atoms with van der Waals surface area (Å²) in [7, 11) is 1.23. The van der Waals surface area contributed by atoms with Crippen LogP contribution in [0.15, 0.2) is 55.1 Å². The molecule has 0 atom stereocenters. The quantitative estimate of drug-likeness (QED) is 0.388. The van der Waals surface area contributed by atoms with E-state index in [4.69, 9.17) is 4.74 Å². The summed E-state index contributed by atoms with van der Waals surface area (Å²) < 4.78 is 6.44. The number of carbonyl (C=O) groups excluding carboxylic acids is 1. The molecule has 0 aliphatic heterocycles. The highest BCUT2D eigenvalue weighted by molar-refractivity contribution is 5.96. The molecule has 27 heavy (non-hydrogen) atoms. The number of benzene rings is 2. The molecule has 1 heterocycles. The molecule has 0 unspecified atom stereocenters. The van der Waals surface area contributed by atoms with Crippen molar-refractivity contribution in [3.63, 3.8) is 0 Å². The molecule has 0 aliphatic rings. The van der Waals surface area contributed by atoms with Crippen molar-refractivity contribution in [2.45, 2.75) is 13.1 Å². The smallest absolute Gasteiger partial charge is 0.340 e. The van der Waals surface area contributed by atoms with E-state index in [9.17, 15) is 14.9 Å². The number of ether oxygens (including phenoxy) is 1. The average molecular weight is 367 g/mol. The Hall–Kier alpha value is -3.75. The van der Waals surface area contributed by atoms with Gasteiger partial charge < -0.3 is 10.1 Å². The SMILES string of the molecule is COC(=O)c1cc([N+](=O)[O-])ccc1NCc1ccc(Cn2cncn2)cc1. The summed E-state index contributed by atoms with van der Waals surface area (Å²) in [6.07, 6.45) is 3.14. The number of hydrogen-bond acceptors (Lipinski definition) is 7. The predicted molar refractivity (Wildman–Crippen MR) is 97.3 cm³/mol. The van der Waals surface area contributed by atoms with E-state index in [1.807, 2.05) is 24.3 Å². The monoisotopic (exact) mass is 367 g/mol. The van der Waals surface area contributed by atoms with Crippen molar-refractivity contribution in [2.75, 3.05) is 12.4 Å². The lowest BCUT2D eigenvalue weighted by atomic mass is 10.1. The van der Waals surface area contributed by atoms with Gasteiger partial charge in [0.2, 0.25) is 0 Å². The van der Waals surface area contributed by atoms with E-state index in [2.05, 4.69) is 15.4 Å². The zero-order valence-electron chi connectivity index (χ0n) is 14.5. The Labute approximate surface area is 154 Å². The Morgan fingerprint density at radius 2 is 1.96 bits per heavy atom. The standard InChI is InChI=1S/C18H17N5O4/c1-27-18(24)16-8-15(23(25)26)6-7-17(16)20-9-13-2-4-14(5-3-13)10-22-12-19-11-21-22/h2-8,11-12,20H,9-10H2,1H3. The first kappa shape index (κ1) is 18.1. The number of nitrogens with zero attached hydrogens (tertiary/aromatic N) is 4. The number of aromatic nitrogens is 3. The van der Waals surface area contributed by atoms with Gasteiger partial charge in [-0.25, -0.2) is 14.5 Å². The molecule has 0 saturated heterocycles. The molecule has 0 spiro atoms. The molecule has 0 saturated carbocycles. The van der Waals surface area contributed by atoms with E-state index in [0.29, 0.717) is 18.8 Å². The summed E-state index contributed by atoms with van der Waals surface area (Å²) in [5.74, 6) is -0.635. The molecule has 9 nitrogen and oxygen atoms in total. The number of nitrogens with one attached hydrogen (secondary N) is 1. The third-order valence-corrected chi connectivity index (χ3v) is 3.94. The first-order chi connectivity index (χ1) is 13.1. The molecule has 0 aliphatic carbocycles. The van der Waals surface area contributed by atoms with Crippen LogP contribution in [0.25, 0.3) is 0 Å². The maximum atomic E-state index is 11.9. The summed E-state index contributed by atoms with van der Waals surface area (Å²) in [6.45, 7) is 1.08. The molecule has 9 heteroatoms. The minimum absolute atomic E-state index is 0.120. The zero-order valence-corrected chi connectivity index (χ0v) is 14.5. The molecule has 3 aromatic rings. The Kier molecular flexibility index (Phi) is 5.41. The summed E-state index contributed by atoms with van der Waals surface area (Å²) in [5, 5.41) is 18.1. The third-order valence-electron chi connectivity index (χ3n) is 3.94. The van der Waals surface area contributed by atoms with Crippen molar-refractivity contribution in [3.05, 3.63) is 81.9 Å². The number of rotatable bonds is 7. The van der Waals surface area contributed by atoms with Gasteiger partial charge in [0.1, 0.15) is 12.7 Å². The fourth-order valence-corrected chi connectivity index (χ4v) is 2.54. The normalized spacial score (nSPS) is 10.4. The number of nitro benzene ring substituents is 1. The lowest BCUT2D eigenvalue weighted by Crippen LogP contribution is -2.09. The summed E-state index contributed by atoms with van der Waals surface area (Å²) in [6, 6.07) is 11.9. The van der Waals surface area contributed by atoms with E-state index >= 15 is 0 Å². The molecule has 0 bridgehead atoms. The number of carbonyl (C=O) groups is 1. The molecule has 0 radical (unpaired) electrons. The first-order valence-electron chi connectivity index (χ1n) is 8.07. The van der Waals surface area contributed by atoms with Gasteiger partial charge >= 0.3 is 5.97 Å². The van der Waals surface area contributed by atoms with Gasteiger partial charge in [0.15, 0.2) is 0 Å². The molecular formula is C18H17N5O4. The summed E-state index contributed by atoms with van der Waals surface area (Å²) >= 11 is 0. The van der Waals surface area contributed by atoms with Gasteiger partial charge in [-0.05, 0) is 17.2 Å². The summed E-state index contributed by atoms with van der Waals surface area (Å²) in [4.78, 5) is 26.2. The van der Waals surface area contributed by atoms with Gasteiger partial charge in [-0.1, -0.05) is 24.3 Å². The molecule has 3 rings (SSSR count). The van der Waals surface area contributed by atoms with Gasteiger partial charge in [-0.3, -0.25) is 10.1 Å². The lowest BCUT2D eigenvalue weighted by Gasteiger charge is -2.11. The number of anilines is 1. The van der Waals surface area contributed by atoms with Gasteiger partial charge in [-0.15, -0.1) is 0 Å². The molecule has 1 N–H and O–H groups in total. The van der Waals surface area contributed by atoms with Crippen molar-refractivity contribution in [1.82, 2.24) is 14.8 Å². The van der Waals surface area contributed by atoms with Gasteiger partial charge in [0, 0.05) is 24.4 Å². The number of nitro groups is 1. The van der Waals surface area contributed by atoms with E-state index < -0.39 is 10.9 Å². The molecule has 1 aromatic heterocycles. The van der Waals surface area contributed by atoms with Crippen molar-refractivity contribution >= 4 is 17.3 Å². The maximum Gasteiger partial charge on any atom is 0.340 e. The van der Waals surface area contributed by atoms with Crippen LogP contribution in [-0.4, -0.2) is 32.8 Å². The molecule has 0 fully saturated rings. The van der Waals surface area contributed by atoms with Gasteiger partial charge in [-0.2, -0.15) is 5.10 Å². The zero-order chi connectivity index (χ0) is 19.2. The molecule has 0 amide bonds. The molecular weight excluding hydrogens is 350 g/mol. The third kappa shape index (κ3) is 4.46. The lowest BCUT2D eigenvalue weighted by molar-refractivity contribution is -0.384. The van der Waals surface area contributed by atoms with Crippen LogP contribution in [0.4, 0.5) is 11.4 Å². The Bertz CT molecular complexity index is 939. The largest absolute Gasteiger partial charge is 0.465 e. The minimum atomic E-state index is -0.635. The van der Waals surface area contributed by atoms with Crippen molar-refractivity contribution in [2.24, 2.45) is 0 Å². The van der Waals surface area contributed by atoms with Crippen LogP contribution in [0, 0.1) is 10.1 Å². The number of methoxy groups -OCH3 is 1. The maximum absolute atomic E-state index is 11.9. The molecule has 138 valence electrons. The van der Waals surface area contributed by atoms with E-state index in [-0.39, 0.29) is 11.3 Å². The van der Waals surface area contributed by atoms with Gasteiger partial charge in [0.05, 0.1) is 24.1 Å². The minimum Gasteiger partial charge on any atom is -0.465 e. The molecule has 2 aromatic carbocycles. The van der Waals surface area contributed by atoms with E-state index in [1.165, 1.54) is 31.6 Å². The van der Waals surface area contributed by atoms with Crippen LogP contribution >= 0.6 is 0 Å². The number of esters is 1. The highest BCUT2D eigenvalue weighted by Crippen LogP contribution is 2.23. The van der Waals surface area contributed by atoms with Crippen LogP contribution in [0.5, 0.6) is 0 Å². The van der Waals surface area contributed by atoms with Crippen LogP contribution in [0.1, 0.15) is 21.5 Å². The van der Waals surface area contributed by atoms with E-state index in [0.717, 1.165) is 11.1 Å². The second-order valence-electron chi connectivity index (χ2n) is 5.74. The van der Waals surface area contributed by atoms with Crippen molar-refractivity contribution < 1.29 is 14.5 Å². The average Bonchev–Trinajstić information content (AvgIpc) is 3.19. The van der Waals surface area contributed by atoms with Crippen LogP contribution < -0.4 is 5.32 Å². The van der Waals surface area contributed by atoms with Crippen LogP contribution in [0.3, 0.4) is 0 Å². The number of hydrogen-bond donors (Lipinski definition) is 1. The Balaban J connectivity index is 1.70. The number of non-ortho nitro benzene ring substituents is 1. The fourth-order valence-electron chi connectivity index (χ4n) is 2.54. The van der Waals surface area contributed by atoms with E-state index in [1.54, 1.807) is 11.0 Å². The second-order valence-corrected chi connectivity index (χ2v) is 5.74. The highest BCUT2D eigenvalue weighted by atomic mass is 16.6. The van der Waals surface area contributed by atoms with Crippen molar-refractivity contribution in [3.8, 4) is 0 Å². The first-order valence-corrected chi connectivity index (χ1v) is 8.07. The topological polar surface area (TPSA) is 112 Å². The van der Waals surface area contributed by atoms with Crippen molar-refractivity contribution in [1.29, 1.82) is 0 Å². The van der Waals surface area contributed by atoms with Crippen LogP contribution in [0.2, 0.25) is 0 Å².